The summed E-state index contributed by atoms with van der Waals surface area (Å²) in [7, 11) is 0. The Morgan fingerprint density at radius 2 is 0.554 bits per heavy atom. The van der Waals surface area contributed by atoms with Gasteiger partial charge in [0.1, 0.15) is 34.0 Å². The number of hydrogen-bond donors (Lipinski definition) is 0. The molecule has 0 saturated carbocycles. The molecule has 0 atom stereocenters. The molecule has 15 aromatic carbocycles. The normalized spacial score (nSPS) is 11.8. The molecule has 23 aromatic rings. The number of rotatable bonds is 11. The van der Waals surface area contributed by atoms with Crippen LogP contribution in [0.25, 0.3) is 212 Å². The Morgan fingerprint density at radius 3 is 1.04 bits per heavy atom. The van der Waals surface area contributed by atoms with E-state index in [1.54, 1.807) is 0 Å². The summed E-state index contributed by atoms with van der Waals surface area (Å²) in [4.78, 5) is 41.2. The van der Waals surface area contributed by atoms with Crippen molar-refractivity contribution in [1.82, 2.24) is 58.1 Å². The average Bonchev–Trinajstić information content (AvgIpc) is 1.59. The molecule has 0 spiro atoms. The summed E-state index contributed by atoms with van der Waals surface area (Å²) in [6, 6.07) is 125. The molecule has 0 radical (unpaired) electrons. The average molecular weight is 1440 g/mol. The van der Waals surface area contributed by atoms with E-state index < -0.39 is 0 Å². The largest absolute Gasteiger partial charge is 0.456 e. The molecule has 0 aliphatic heterocycles. The maximum absolute atomic E-state index is 6.64. The van der Waals surface area contributed by atoms with Crippen molar-refractivity contribution in [3.8, 4) is 103 Å². The first-order valence-electron chi connectivity index (χ1n) is 37.2. The van der Waals surface area contributed by atoms with Gasteiger partial charge >= 0.3 is 0 Å². The van der Waals surface area contributed by atoms with Crippen molar-refractivity contribution in [3.05, 3.63) is 364 Å². The summed E-state index contributed by atoms with van der Waals surface area (Å²) in [6.07, 6.45) is 0. The van der Waals surface area contributed by atoms with Crippen molar-refractivity contribution in [3.63, 3.8) is 0 Å². The summed E-state index contributed by atoms with van der Waals surface area (Å²) in [5.74, 6) is 5.18. The second kappa shape index (κ2) is 26.2. The van der Waals surface area contributed by atoms with E-state index >= 15 is 0 Å². The summed E-state index contributed by atoms with van der Waals surface area (Å²) >= 11 is 0. The highest BCUT2D eigenvalue weighted by Gasteiger charge is 2.26. The molecule has 8 aromatic heterocycles. The first kappa shape index (κ1) is 63.7. The minimum atomic E-state index is 0.554. The van der Waals surface area contributed by atoms with E-state index in [0.717, 1.165) is 172 Å². The third kappa shape index (κ3) is 10.6. The zero-order valence-corrected chi connectivity index (χ0v) is 59.8. The molecule has 0 fully saturated rings. The zero-order chi connectivity index (χ0) is 73.7. The van der Waals surface area contributed by atoms with Crippen molar-refractivity contribution >= 4 is 110 Å². The Bertz CT molecular complexity index is 7580. The molecule has 0 unspecified atom stereocenters. The van der Waals surface area contributed by atoms with Crippen LogP contribution in [-0.4, -0.2) is 58.1 Å². The lowest BCUT2D eigenvalue weighted by molar-refractivity contribution is 0.668. The number of furan rings is 2. The second-order valence-electron chi connectivity index (χ2n) is 27.8. The lowest BCUT2D eigenvalue weighted by atomic mass is 10.0. The molecule has 23 rings (SSSR count). The zero-order valence-electron chi connectivity index (χ0n) is 59.8. The first-order valence-corrected chi connectivity index (χ1v) is 37.2. The van der Waals surface area contributed by atoms with Crippen LogP contribution < -0.4 is 0 Å². The molecule has 112 heavy (non-hydrogen) atoms. The number of aromatic nitrogens is 12. The van der Waals surface area contributed by atoms with E-state index in [4.69, 9.17) is 48.7 Å². The van der Waals surface area contributed by atoms with Gasteiger partial charge < -0.3 is 13.4 Å². The lowest BCUT2D eigenvalue weighted by Crippen LogP contribution is -2.06. The van der Waals surface area contributed by atoms with Gasteiger partial charge in [0, 0.05) is 99.1 Å². The van der Waals surface area contributed by atoms with E-state index in [9.17, 15) is 0 Å². The van der Waals surface area contributed by atoms with Crippen LogP contribution >= 0.6 is 0 Å². The highest BCUT2D eigenvalue weighted by Crippen LogP contribution is 2.44. The van der Waals surface area contributed by atoms with Crippen molar-refractivity contribution in [1.29, 1.82) is 0 Å². The number of benzene rings is 15. The van der Waals surface area contributed by atoms with Gasteiger partial charge in [0.2, 0.25) is 5.95 Å². The summed E-state index contributed by atoms with van der Waals surface area (Å²) in [5, 5.41) is 8.43. The van der Waals surface area contributed by atoms with Gasteiger partial charge in [-0.15, -0.1) is 0 Å². The molecule has 0 saturated heterocycles. The molecular weight excluding hydrogens is 1380 g/mol. The Kier molecular flexibility index (Phi) is 14.9. The van der Waals surface area contributed by atoms with Gasteiger partial charge in [-0.05, 0) is 133 Å². The smallest absolute Gasteiger partial charge is 0.238 e. The summed E-state index contributed by atoms with van der Waals surface area (Å²) in [6.45, 7) is 0. The topological polar surface area (TPSA) is 149 Å². The second-order valence-corrected chi connectivity index (χ2v) is 27.8. The molecule has 524 valence electrons. The standard InChI is InChI=1S/C52H32N6O.C46H28N6O/c1-4-15-33(16-5-1)49-54-50(34-28-30-44-41(31-34)38-21-10-12-24-43(38)57(44)36-17-6-2-7-18-36)56-51(55-49)40-22-14-26-46-48(40)39-29-27-35(32-47(39)59-46)52-53-42-23-11-13-25-45(42)58(52)37-19-8-3-9-20-37;1-3-14-29(15-4-1)43-48-44(50-46(49-43)52-37-22-10-7-18-32(37)33-19-8-11-23-38(33)52)35-20-13-25-40-42(35)34-27-26-30(28-41(34)53-40)45-47-36-21-9-12-24-39(36)51(45)31-16-5-2-6-17-31/h1-32H;1-28H. The molecule has 0 N–H and O–H groups in total. The molecule has 14 nitrogen and oxygen atoms in total. The Labute approximate surface area is 639 Å². The van der Waals surface area contributed by atoms with Crippen LogP contribution in [0, 0.1) is 0 Å². The number of fused-ring (bicyclic) bond motifs is 14. The van der Waals surface area contributed by atoms with Gasteiger partial charge in [-0.3, -0.25) is 13.7 Å². The fourth-order valence-electron chi connectivity index (χ4n) is 16.2. The molecule has 0 amide bonds. The van der Waals surface area contributed by atoms with Crippen LogP contribution in [0.15, 0.2) is 373 Å². The van der Waals surface area contributed by atoms with Crippen LogP contribution in [0.5, 0.6) is 0 Å². The van der Waals surface area contributed by atoms with Crippen LogP contribution in [-0.2, 0) is 0 Å². The van der Waals surface area contributed by atoms with Crippen LogP contribution in [0.1, 0.15) is 0 Å². The van der Waals surface area contributed by atoms with Crippen LogP contribution in [0.3, 0.4) is 0 Å². The number of nitrogens with zero attached hydrogens (tertiary/aromatic N) is 12. The molecule has 0 bridgehead atoms. The third-order valence-electron chi connectivity index (χ3n) is 21.2. The lowest BCUT2D eigenvalue weighted by Gasteiger charge is -2.11. The highest BCUT2D eigenvalue weighted by molar-refractivity contribution is 6.15. The Balaban J connectivity index is 0.000000138. The fourth-order valence-corrected chi connectivity index (χ4v) is 16.2. The monoisotopic (exact) mass is 1440 g/mol. The van der Waals surface area contributed by atoms with E-state index in [1.165, 1.54) is 5.39 Å². The number of para-hydroxylation sites is 10. The number of imidazole rings is 2. The minimum absolute atomic E-state index is 0.554. The van der Waals surface area contributed by atoms with E-state index in [2.05, 4.69) is 261 Å². The molecular formula is C98H60N12O2. The predicted molar refractivity (Wildman–Crippen MR) is 450 cm³/mol. The molecule has 14 heteroatoms. The maximum Gasteiger partial charge on any atom is 0.238 e. The molecule has 8 heterocycles. The third-order valence-corrected chi connectivity index (χ3v) is 21.2. The van der Waals surface area contributed by atoms with Crippen molar-refractivity contribution in [2.45, 2.75) is 0 Å². The van der Waals surface area contributed by atoms with E-state index in [-0.39, 0.29) is 0 Å². The van der Waals surface area contributed by atoms with Crippen molar-refractivity contribution < 1.29 is 8.83 Å². The Hall–Kier alpha value is -15.5. The van der Waals surface area contributed by atoms with Crippen LogP contribution in [0.4, 0.5) is 0 Å². The SMILES string of the molecule is c1ccc(-c2nc(-c3ccc4c(c3)c3ccccc3n4-c3ccccc3)nc(-c3cccc4oc5cc(-c6nc7ccccc7n6-c6ccccc6)ccc5c34)n2)cc1.c1ccc(-c2nc(-c3cccc4oc5cc(-c6nc7ccccc7n6-c6ccccc6)ccc5c34)nc(-n3c4ccccc4c4ccccc43)n2)cc1. The summed E-state index contributed by atoms with van der Waals surface area (Å²) in [5.41, 5.74) is 20.9. The number of hydrogen-bond acceptors (Lipinski definition) is 10. The first-order chi connectivity index (χ1) is 55.5. The highest BCUT2D eigenvalue weighted by atomic mass is 16.3. The van der Waals surface area contributed by atoms with Gasteiger partial charge in [0.15, 0.2) is 29.1 Å². The van der Waals surface area contributed by atoms with Gasteiger partial charge in [0.05, 0.1) is 44.1 Å². The van der Waals surface area contributed by atoms with E-state index in [0.29, 0.717) is 35.1 Å². The minimum Gasteiger partial charge on any atom is -0.456 e. The quantitative estimate of drug-likeness (QED) is 0.122. The fraction of sp³-hybridized carbons (Fsp3) is 0. The van der Waals surface area contributed by atoms with Crippen molar-refractivity contribution in [2.24, 2.45) is 0 Å². The van der Waals surface area contributed by atoms with Gasteiger partial charge in [-0.25, -0.2) is 29.9 Å². The van der Waals surface area contributed by atoms with E-state index in [1.807, 2.05) is 121 Å². The predicted octanol–water partition coefficient (Wildman–Crippen LogP) is 24.1. The maximum atomic E-state index is 6.64. The Morgan fingerprint density at radius 1 is 0.196 bits per heavy atom. The molecule has 0 aliphatic rings. The summed E-state index contributed by atoms with van der Waals surface area (Å²) < 4.78 is 22.1. The van der Waals surface area contributed by atoms with Gasteiger partial charge in [-0.2, -0.15) is 9.97 Å². The van der Waals surface area contributed by atoms with Crippen molar-refractivity contribution in [2.75, 3.05) is 0 Å². The van der Waals surface area contributed by atoms with Crippen LogP contribution in [0.2, 0.25) is 0 Å². The van der Waals surface area contributed by atoms with Gasteiger partial charge in [-0.1, -0.05) is 231 Å². The van der Waals surface area contributed by atoms with Gasteiger partial charge in [0.25, 0.3) is 0 Å². The molecule has 0 aliphatic carbocycles.